The molecule has 1 aliphatic heterocycles. The Bertz CT molecular complexity index is 1080. The molecule has 31 heavy (non-hydrogen) atoms. The molecule has 4 unspecified atom stereocenters. The molecule has 1 spiro atoms. The first-order chi connectivity index (χ1) is 14.7. The first-order valence-corrected chi connectivity index (χ1v) is 11.5. The normalized spacial score (nSPS) is 30.9. The summed E-state index contributed by atoms with van der Waals surface area (Å²) in [6.45, 7) is 4.41. The van der Waals surface area contributed by atoms with Crippen molar-refractivity contribution in [3.05, 3.63) is 68.7 Å². The Morgan fingerprint density at radius 3 is 2.71 bits per heavy atom. The van der Waals surface area contributed by atoms with Crippen LogP contribution < -0.4 is 5.32 Å². The fourth-order valence-corrected chi connectivity index (χ4v) is 7.02. The third-order valence-electron chi connectivity index (χ3n) is 7.44. The molecular weight excluding hydrogens is 433 g/mol. The quantitative estimate of drug-likeness (QED) is 0.603. The third kappa shape index (κ3) is 3.35. The van der Waals surface area contributed by atoms with E-state index in [9.17, 15) is 9.59 Å². The Morgan fingerprint density at radius 2 is 1.97 bits per heavy atom. The monoisotopic (exact) mass is 457 g/mol. The molecule has 1 heterocycles. The van der Waals surface area contributed by atoms with Gasteiger partial charge in [0.2, 0.25) is 5.91 Å². The van der Waals surface area contributed by atoms with Crippen molar-refractivity contribution in [2.75, 3.05) is 0 Å². The van der Waals surface area contributed by atoms with Gasteiger partial charge in [-0.2, -0.15) is 0 Å². The number of hydrogen-bond acceptors (Lipinski definition) is 3. The summed E-state index contributed by atoms with van der Waals surface area (Å²) in [6, 6.07) is 11.5. The number of benzene rings is 2. The number of halogens is 2. The number of carbonyl (C=O) groups is 2. The number of rotatable bonds is 3. The maximum absolute atomic E-state index is 13.7. The van der Waals surface area contributed by atoms with Crippen LogP contribution in [0.2, 0.25) is 10.0 Å². The van der Waals surface area contributed by atoms with E-state index in [4.69, 9.17) is 27.9 Å². The maximum Gasteiger partial charge on any atom is 0.306 e. The fraction of sp³-hybridized carbons (Fsp3) is 0.440. The summed E-state index contributed by atoms with van der Waals surface area (Å²) in [5, 5.41) is 4.19. The largest absolute Gasteiger partial charge is 0.459 e. The van der Waals surface area contributed by atoms with Crippen molar-refractivity contribution in [1.29, 1.82) is 0 Å². The molecule has 0 aromatic heterocycles. The van der Waals surface area contributed by atoms with Crippen molar-refractivity contribution in [2.45, 2.75) is 63.5 Å². The van der Waals surface area contributed by atoms with Gasteiger partial charge in [-0.3, -0.25) is 9.59 Å². The van der Waals surface area contributed by atoms with Gasteiger partial charge in [0.1, 0.15) is 5.60 Å². The number of amides is 1. The Labute approximate surface area is 192 Å². The second-order valence-electron chi connectivity index (χ2n) is 9.61. The van der Waals surface area contributed by atoms with Crippen LogP contribution in [0.25, 0.3) is 0 Å². The predicted octanol–water partition coefficient (Wildman–Crippen LogP) is 5.67. The molecule has 0 radical (unpaired) electrons. The van der Waals surface area contributed by atoms with Crippen molar-refractivity contribution in [3.8, 4) is 0 Å². The van der Waals surface area contributed by atoms with Crippen LogP contribution in [0.3, 0.4) is 0 Å². The molecule has 6 heteroatoms. The standard InChI is InChI=1S/C25H25Cl2NO3/c1-14-4-3-5-18-19-6-7-24(2)13-25(19,11-20(29)31-24)22(21(14)18)23(30)28-12-15-8-16(26)10-17(27)9-15/h3-5,8-10,19,22H,6-7,11-13H2,1-2H3,(H,28,30). The fourth-order valence-electron chi connectivity index (χ4n) is 6.45. The summed E-state index contributed by atoms with van der Waals surface area (Å²) in [4.78, 5) is 26.4. The topological polar surface area (TPSA) is 55.4 Å². The van der Waals surface area contributed by atoms with E-state index in [1.807, 2.05) is 6.92 Å². The van der Waals surface area contributed by atoms with Crippen molar-refractivity contribution in [1.82, 2.24) is 5.32 Å². The summed E-state index contributed by atoms with van der Waals surface area (Å²) in [5.41, 5.74) is 3.33. The smallest absolute Gasteiger partial charge is 0.306 e. The summed E-state index contributed by atoms with van der Waals surface area (Å²) < 4.78 is 5.76. The van der Waals surface area contributed by atoms with Gasteiger partial charge < -0.3 is 10.1 Å². The van der Waals surface area contributed by atoms with E-state index in [1.54, 1.807) is 18.2 Å². The SMILES string of the molecule is Cc1cccc2c1C(C(=O)NCc1cc(Cl)cc(Cl)c1)C13CC(=O)OC(C)(CCC21)C3. The molecule has 162 valence electrons. The number of nitrogens with one attached hydrogen (secondary N) is 1. The van der Waals surface area contributed by atoms with Gasteiger partial charge in [-0.25, -0.2) is 0 Å². The Balaban J connectivity index is 1.53. The van der Waals surface area contributed by atoms with Crippen molar-refractivity contribution in [3.63, 3.8) is 0 Å². The number of esters is 1. The van der Waals surface area contributed by atoms with Gasteiger partial charge in [0.05, 0.1) is 12.3 Å². The minimum absolute atomic E-state index is 0.0481. The first-order valence-electron chi connectivity index (χ1n) is 10.7. The minimum atomic E-state index is -0.499. The van der Waals surface area contributed by atoms with Crippen molar-refractivity contribution >= 4 is 35.1 Å². The lowest BCUT2D eigenvalue weighted by Gasteiger charge is -2.53. The molecule has 2 fully saturated rings. The molecule has 1 saturated carbocycles. The predicted molar refractivity (Wildman–Crippen MR) is 120 cm³/mol. The van der Waals surface area contributed by atoms with Crippen LogP contribution in [0.4, 0.5) is 0 Å². The van der Waals surface area contributed by atoms with Gasteiger partial charge in [-0.05, 0) is 79.5 Å². The van der Waals surface area contributed by atoms with E-state index in [1.165, 1.54) is 5.56 Å². The highest BCUT2D eigenvalue weighted by atomic mass is 35.5. The van der Waals surface area contributed by atoms with E-state index < -0.39 is 11.0 Å². The number of ether oxygens (including phenoxy) is 1. The zero-order chi connectivity index (χ0) is 22.0. The average molecular weight is 458 g/mol. The van der Waals surface area contributed by atoms with Crippen LogP contribution in [-0.4, -0.2) is 17.5 Å². The minimum Gasteiger partial charge on any atom is -0.459 e. The first kappa shape index (κ1) is 20.8. The van der Waals surface area contributed by atoms with Crippen LogP contribution in [0.15, 0.2) is 36.4 Å². The Morgan fingerprint density at radius 1 is 1.23 bits per heavy atom. The van der Waals surface area contributed by atoms with Crippen LogP contribution >= 0.6 is 23.2 Å². The molecule has 4 nitrogen and oxygen atoms in total. The number of aryl methyl sites for hydroxylation is 1. The molecule has 2 aromatic carbocycles. The summed E-state index contributed by atoms with van der Waals surface area (Å²) >= 11 is 12.2. The van der Waals surface area contributed by atoms with Crippen LogP contribution in [0.5, 0.6) is 0 Å². The Hall–Kier alpha value is -2.04. The van der Waals surface area contributed by atoms with Gasteiger partial charge in [0, 0.05) is 22.0 Å². The second kappa shape index (κ2) is 7.25. The van der Waals surface area contributed by atoms with E-state index in [0.29, 0.717) is 23.0 Å². The molecule has 1 amide bonds. The zero-order valence-electron chi connectivity index (χ0n) is 17.6. The van der Waals surface area contributed by atoms with E-state index in [-0.39, 0.29) is 30.1 Å². The lowest BCUT2D eigenvalue weighted by atomic mass is 9.56. The summed E-state index contributed by atoms with van der Waals surface area (Å²) in [7, 11) is 0. The van der Waals surface area contributed by atoms with Gasteiger partial charge in [0.15, 0.2) is 0 Å². The number of hydrogen-bond donors (Lipinski definition) is 1. The molecule has 3 aliphatic rings. The van der Waals surface area contributed by atoms with Crippen LogP contribution in [0, 0.1) is 12.3 Å². The van der Waals surface area contributed by atoms with Gasteiger partial charge >= 0.3 is 5.97 Å². The van der Waals surface area contributed by atoms with Gasteiger partial charge in [0.25, 0.3) is 0 Å². The lowest BCUT2D eigenvalue weighted by Crippen LogP contribution is -2.54. The molecule has 2 aliphatic carbocycles. The highest BCUT2D eigenvalue weighted by molar-refractivity contribution is 6.34. The molecule has 1 N–H and O–H groups in total. The zero-order valence-corrected chi connectivity index (χ0v) is 19.1. The number of carbonyl (C=O) groups excluding carboxylic acids is 2. The Kier molecular flexibility index (Phi) is 4.87. The second-order valence-corrected chi connectivity index (χ2v) is 10.5. The van der Waals surface area contributed by atoms with E-state index in [2.05, 4.69) is 30.4 Å². The van der Waals surface area contributed by atoms with Crippen molar-refractivity contribution < 1.29 is 14.3 Å². The van der Waals surface area contributed by atoms with E-state index in [0.717, 1.165) is 29.5 Å². The van der Waals surface area contributed by atoms with Gasteiger partial charge in [-0.1, -0.05) is 41.4 Å². The highest BCUT2D eigenvalue weighted by Gasteiger charge is 2.64. The third-order valence-corrected chi connectivity index (χ3v) is 7.88. The van der Waals surface area contributed by atoms with E-state index >= 15 is 0 Å². The molecular formula is C25H25Cl2NO3. The molecule has 2 aromatic rings. The average Bonchev–Trinajstić information content (AvgIpc) is 2.93. The maximum atomic E-state index is 13.7. The molecule has 4 atom stereocenters. The lowest BCUT2D eigenvalue weighted by molar-refractivity contribution is -0.189. The van der Waals surface area contributed by atoms with Crippen LogP contribution in [-0.2, 0) is 20.9 Å². The van der Waals surface area contributed by atoms with Gasteiger partial charge in [-0.15, -0.1) is 0 Å². The van der Waals surface area contributed by atoms with Crippen LogP contribution in [0.1, 0.15) is 66.7 Å². The molecule has 5 rings (SSSR count). The number of fused-ring (bicyclic) bond motifs is 3. The molecule has 1 saturated heterocycles. The summed E-state index contributed by atoms with van der Waals surface area (Å²) in [6.07, 6.45) is 2.75. The van der Waals surface area contributed by atoms with Crippen molar-refractivity contribution in [2.24, 2.45) is 5.41 Å². The summed E-state index contributed by atoms with van der Waals surface area (Å²) in [5.74, 6) is -0.424. The highest BCUT2D eigenvalue weighted by Crippen LogP contribution is 2.67. The molecule has 2 bridgehead atoms.